The number of para-hydroxylation sites is 1. The minimum atomic E-state index is -0.419. The van der Waals surface area contributed by atoms with Crippen molar-refractivity contribution in [3.63, 3.8) is 0 Å². The van der Waals surface area contributed by atoms with E-state index in [2.05, 4.69) is 15.6 Å². The Morgan fingerprint density at radius 3 is 3.05 bits per heavy atom. The van der Waals surface area contributed by atoms with Gasteiger partial charge in [0.05, 0.1) is 11.1 Å². The fraction of sp³-hybridized carbons (Fsp3) is 0.375. The summed E-state index contributed by atoms with van der Waals surface area (Å²) in [5, 5.41) is 7.41. The lowest BCUT2D eigenvalue weighted by molar-refractivity contribution is -0.126. The molecule has 0 radical (unpaired) electrons. The zero-order chi connectivity index (χ0) is 14.0. The predicted octanol–water partition coefficient (Wildman–Crippen LogP) is 1.99. The molecule has 0 aliphatic carbocycles. The molecule has 20 heavy (non-hydrogen) atoms. The number of carbonyl (C=O) groups is 1. The normalized spacial score (nSPS) is 22.1. The van der Waals surface area contributed by atoms with Gasteiger partial charge in [-0.05, 0) is 37.9 Å². The van der Waals surface area contributed by atoms with Crippen LogP contribution in [0.4, 0.5) is 0 Å². The topological polar surface area (TPSA) is 54.0 Å². The summed E-state index contributed by atoms with van der Waals surface area (Å²) in [7, 11) is 0. The summed E-state index contributed by atoms with van der Waals surface area (Å²) in [6.45, 7) is 3.40. The summed E-state index contributed by atoms with van der Waals surface area (Å²) in [5.74, 6) is 0.0722. The van der Waals surface area contributed by atoms with E-state index in [4.69, 9.17) is 0 Å². The molecule has 2 heterocycles. The van der Waals surface area contributed by atoms with Crippen molar-refractivity contribution in [3.05, 3.63) is 42.1 Å². The van der Waals surface area contributed by atoms with Crippen LogP contribution in [-0.2, 0) is 11.3 Å². The first-order chi connectivity index (χ1) is 9.69. The zero-order valence-electron chi connectivity index (χ0n) is 11.6. The van der Waals surface area contributed by atoms with Gasteiger partial charge in [0.25, 0.3) is 0 Å². The number of nitrogens with one attached hydrogen (secondary N) is 2. The molecule has 4 heteroatoms. The predicted molar refractivity (Wildman–Crippen MR) is 79.2 cm³/mol. The monoisotopic (exact) mass is 269 g/mol. The summed E-state index contributed by atoms with van der Waals surface area (Å²) in [6.07, 6.45) is 3.74. The molecule has 1 amide bonds. The summed E-state index contributed by atoms with van der Waals surface area (Å²) >= 11 is 0. The number of rotatable bonds is 3. The summed E-state index contributed by atoms with van der Waals surface area (Å²) in [4.78, 5) is 16.7. The van der Waals surface area contributed by atoms with Crippen LogP contribution in [0.3, 0.4) is 0 Å². The standard InChI is InChI=1S/C16H19N3O/c1-16(8-4-10-19-16)15(20)18-11-13-6-2-5-12-7-3-9-17-14(12)13/h2-3,5-7,9,19H,4,8,10-11H2,1H3,(H,18,20). The Labute approximate surface area is 118 Å². The number of benzene rings is 1. The number of pyridine rings is 1. The molecule has 1 saturated heterocycles. The number of hydrogen-bond donors (Lipinski definition) is 2. The minimum Gasteiger partial charge on any atom is -0.350 e. The molecule has 1 unspecified atom stereocenters. The molecule has 0 bridgehead atoms. The molecular weight excluding hydrogens is 250 g/mol. The van der Waals surface area contributed by atoms with E-state index < -0.39 is 5.54 Å². The van der Waals surface area contributed by atoms with Gasteiger partial charge >= 0.3 is 0 Å². The second-order valence-corrected chi connectivity index (χ2v) is 5.54. The van der Waals surface area contributed by atoms with Crippen molar-refractivity contribution < 1.29 is 4.79 Å². The van der Waals surface area contributed by atoms with Crippen LogP contribution in [0.15, 0.2) is 36.5 Å². The lowest BCUT2D eigenvalue weighted by Gasteiger charge is -2.23. The van der Waals surface area contributed by atoms with Gasteiger partial charge in [-0.2, -0.15) is 0 Å². The third-order valence-corrected chi connectivity index (χ3v) is 4.03. The van der Waals surface area contributed by atoms with Gasteiger partial charge in [-0.3, -0.25) is 9.78 Å². The highest BCUT2D eigenvalue weighted by atomic mass is 16.2. The average Bonchev–Trinajstić information content (AvgIpc) is 2.93. The maximum Gasteiger partial charge on any atom is 0.240 e. The molecule has 1 aromatic heterocycles. The number of hydrogen-bond acceptors (Lipinski definition) is 3. The molecule has 2 aromatic rings. The van der Waals surface area contributed by atoms with Crippen LogP contribution in [0.1, 0.15) is 25.3 Å². The summed E-state index contributed by atoms with van der Waals surface area (Å²) < 4.78 is 0. The van der Waals surface area contributed by atoms with Gasteiger partial charge in [-0.25, -0.2) is 0 Å². The quantitative estimate of drug-likeness (QED) is 0.896. The van der Waals surface area contributed by atoms with Crippen molar-refractivity contribution in [3.8, 4) is 0 Å². The van der Waals surface area contributed by atoms with Crippen LogP contribution >= 0.6 is 0 Å². The molecule has 0 saturated carbocycles. The van der Waals surface area contributed by atoms with Crippen molar-refractivity contribution in [2.24, 2.45) is 0 Å². The Hall–Kier alpha value is -1.94. The maximum absolute atomic E-state index is 12.3. The molecular formula is C16H19N3O. The number of carbonyl (C=O) groups excluding carboxylic acids is 1. The van der Waals surface area contributed by atoms with Crippen molar-refractivity contribution in [1.29, 1.82) is 0 Å². The molecule has 4 nitrogen and oxygen atoms in total. The fourth-order valence-corrected chi connectivity index (χ4v) is 2.77. The van der Waals surface area contributed by atoms with Crippen molar-refractivity contribution in [1.82, 2.24) is 15.6 Å². The molecule has 2 N–H and O–H groups in total. The Morgan fingerprint density at radius 2 is 2.25 bits per heavy atom. The first-order valence-corrected chi connectivity index (χ1v) is 7.05. The van der Waals surface area contributed by atoms with Gasteiger partial charge in [0.1, 0.15) is 0 Å². The van der Waals surface area contributed by atoms with E-state index in [1.807, 2.05) is 37.3 Å². The Morgan fingerprint density at radius 1 is 1.40 bits per heavy atom. The van der Waals surface area contributed by atoms with E-state index in [0.29, 0.717) is 6.54 Å². The minimum absolute atomic E-state index is 0.0722. The molecule has 1 aromatic carbocycles. The second kappa shape index (κ2) is 5.21. The molecule has 104 valence electrons. The van der Waals surface area contributed by atoms with Crippen molar-refractivity contribution in [2.45, 2.75) is 31.8 Å². The third-order valence-electron chi connectivity index (χ3n) is 4.03. The van der Waals surface area contributed by atoms with E-state index in [1.54, 1.807) is 6.20 Å². The highest BCUT2D eigenvalue weighted by Crippen LogP contribution is 2.19. The van der Waals surface area contributed by atoms with Crippen LogP contribution in [0.25, 0.3) is 10.9 Å². The van der Waals surface area contributed by atoms with Crippen molar-refractivity contribution in [2.75, 3.05) is 6.54 Å². The van der Waals surface area contributed by atoms with Gasteiger partial charge in [0, 0.05) is 18.1 Å². The molecule has 3 rings (SSSR count). The first-order valence-electron chi connectivity index (χ1n) is 7.05. The maximum atomic E-state index is 12.3. The lowest BCUT2D eigenvalue weighted by atomic mass is 9.99. The van der Waals surface area contributed by atoms with Gasteiger partial charge in [0.15, 0.2) is 0 Å². The Bertz CT molecular complexity index is 627. The first kappa shape index (κ1) is 13.1. The highest BCUT2D eigenvalue weighted by Gasteiger charge is 2.35. The highest BCUT2D eigenvalue weighted by molar-refractivity contribution is 5.87. The van der Waals surface area contributed by atoms with Gasteiger partial charge in [0.2, 0.25) is 5.91 Å². The average molecular weight is 269 g/mol. The van der Waals surface area contributed by atoms with Crippen LogP contribution in [-0.4, -0.2) is 23.0 Å². The number of nitrogens with zero attached hydrogens (tertiary/aromatic N) is 1. The molecule has 1 aliphatic heterocycles. The lowest BCUT2D eigenvalue weighted by Crippen LogP contribution is -2.50. The zero-order valence-corrected chi connectivity index (χ0v) is 11.6. The van der Waals surface area contributed by atoms with Crippen LogP contribution < -0.4 is 10.6 Å². The van der Waals surface area contributed by atoms with Crippen LogP contribution in [0.5, 0.6) is 0 Å². The molecule has 1 fully saturated rings. The number of fused-ring (bicyclic) bond motifs is 1. The second-order valence-electron chi connectivity index (χ2n) is 5.54. The summed E-state index contributed by atoms with van der Waals surface area (Å²) in [6, 6.07) is 10.0. The van der Waals surface area contributed by atoms with Crippen molar-refractivity contribution >= 4 is 16.8 Å². The van der Waals surface area contributed by atoms with E-state index in [0.717, 1.165) is 35.9 Å². The van der Waals surface area contributed by atoms with Crippen LogP contribution in [0, 0.1) is 0 Å². The SMILES string of the molecule is CC1(C(=O)NCc2cccc3cccnc23)CCCN1. The van der Waals surface area contributed by atoms with E-state index in [-0.39, 0.29) is 5.91 Å². The van der Waals surface area contributed by atoms with Gasteiger partial charge < -0.3 is 10.6 Å². The largest absolute Gasteiger partial charge is 0.350 e. The smallest absolute Gasteiger partial charge is 0.240 e. The molecule has 1 atom stereocenters. The summed E-state index contributed by atoms with van der Waals surface area (Å²) in [5.41, 5.74) is 1.59. The van der Waals surface area contributed by atoms with Crippen LogP contribution in [0.2, 0.25) is 0 Å². The van der Waals surface area contributed by atoms with Gasteiger partial charge in [-0.15, -0.1) is 0 Å². The fourth-order valence-electron chi connectivity index (χ4n) is 2.77. The number of aromatic nitrogens is 1. The van der Waals surface area contributed by atoms with E-state index in [9.17, 15) is 4.79 Å². The molecule has 1 aliphatic rings. The van der Waals surface area contributed by atoms with E-state index in [1.165, 1.54) is 0 Å². The van der Waals surface area contributed by atoms with E-state index >= 15 is 0 Å². The Balaban J connectivity index is 1.76. The molecule has 0 spiro atoms. The van der Waals surface area contributed by atoms with Gasteiger partial charge in [-0.1, -0.05) is 24.3 Å². The third kappa shape index (κ3) is 2.39. The number of amides is 1. The Kier molecular flexibility index (Phi) is 3.40.